The Hall–Kier alpha value is -2.67. The van der Waals surface area contributed by atoms with E-state index in [2.05, 4.69) is 4.98 Å². The molecule has 0 aliphatic carbocycles. The van der Waals surface area contributed by atoms with Crippen molar-refractivity contribution in [2.24, 2.45) is 0 Å². The van der Waals surface area contributed by atoms with E-state index in [0.29, 0.717) is 11.3 Å². The monoisotopic (exact) mass is 370 g/mol. The maximum absolute atomic E-state index is 12.9. The maximum atomic E-state index is 12.9. The Morgan fingerprint density at radius 3 is 2.73 bits per heavy atom. The minimum absolute atomic E-state index is 0.238. The summed E-state index contributed by atoms with van der Waals surface area (Å²) in [5.41, 5.74) is 2.67. The van der Waals surface area contributed by atoms with Crippen molar-refractivity contribution in [2.75, 3.05) is 0 Å². The number of thiophene rings is 1. The predicted octanol–water partition coefficient (Wildman–Crippen LogP) is 3.56. The summed E-state index contributed by atoms with van der Waals surface area (Å²) in [7, 11) is 0. The number of aromatic nitrogens is 2. The van der Waals surface area contributed by atoms with E-state index in [4.69, 9.17) is 9.47 Å². The fourth-order valence-corrected chi connectivity index (χ4v) is 4.47. The molecule has 0 amide bonds. The van der Waals surface area contributed by atoms with Crippen molar-refractivity contribution in [1.82, 2.24) is 9.55 Å². The van der Waals surface area contributed by atoms with E-state index >= 15 is 0 Å². The van der Waals surface area contributed by atoms with E-state index in [1.54, 1.807) is 6.92 Å². The zero-order valence-electron chi connectivity index (χ0n) is 14.7. The molecule has 1 fully saturated rings. The molecule has 3 aromatic rings. The Morgan fingerprint density at radius 2 is 2.08 bits per heavy atom. The van der Waals surface area contributed by atoms with Crippen LogP contribution in [-0.4, -0.2) is 33.7 Å². The third-order valence-electron chi connectivity index (χ3n) is 4.39. The van der Waals surface area contributed by atoms with Gasteiger partial charge in [0.15, 0.2) is 0 Å². The maximum Gasteiger partial charge on any atom is 0.351 e. The van der Waals surface area contributed by atoms with Crippen LogP contribution in [0.25, 0.3) is 15.9 Å². The second kappa shape index (κ2) is 6.25. The Morgan fingerprint density at radius 1 is 1.35 bits per heavy atom. The normalized spacial score (nSPS) is 19.7. The number of ether oxygens (including phenoxy) is 2. The molecule has 26 heavy (non-hydrogen) atoms. The molecule has 7 heteroatoms. The first-order valence-corrected chi connectivity index (χ1v) is 9.21. The molecule has 1 saturated heterocycles. The third-order valence-corrected chi connectivity index (χ3v) is 5.44. The highest BCUT2D eigenvalue weighted by molar-refractivity contribution is 7.21. The van der Waals surface area contributed by atoms with Crippen LogP contribution in [0.4, 0.5) is 0 Å². The molecular weight excluding hydrogens is 352 g/mol. The van der Waals surface area contributed by atoms with Crippen LogP contribution >= 0.6 is 11.3 Å². The zero-order valence-corrected chi connectivity index (χ0v) is 15.5. The zero-order chi connectivity index (χ0) is 18.4. The average molecular weight is 370 g/mol. The van der Waals surface area contributed by atoms with E-state index in [-0.39, 0.29) is 6.10 Å². The van der Waals surface area contributed by atoms with Crippen molar-refractivity contribution in [3.63, 3.8) is 0 Å². The summed E-state index contributed by atoms with van der Waals surface area (Å²) in [4.78, 5) is 30.5. The molecule has 134 valence electrons. The molecule has 4 heterocycles. The highest BCUT2D eigenvalue weighted by atomic mass is 32.1. The van der Waals surface area contributed by atoms with Gasteiger partial charge >= 0.3 is 11.9 Å². The van der Waals surface area contributed by atoms with Crippen molar-refractivity contribution in [1.29, 1.82) is 0 Å². The van der Waals surface area contributed by atoms with Gasteiger partial charge < -0.3 is 14.0 Å². The van der Waals surface area contributed by atoms with Crippen LogP contribution in [0.5, 0.6) is 0 Å². The fourth-order valence-electron chi connectivity index (χ4n) is 3.29. The number of carbonyl (C=O) groups excluding carboxylic acids is 2. The van der Waals surface area contributed by atoms with Gasteiger partial charge in [-0.2, -0.15) is 0 Å². The molecule has 3 aromatic heterocycles. The van der Waals surface area contributed by atoms with Crippen LogP contribution in [-0.2, 0) is 14.3 Å². The van der Waals surface area contributed by atoms with Gasteiger partial charge in [-0.05, 0) is 44.5 Å². The third kappa shape index (κ3) is 2.78. The molecule has 2 atom stereocenters. The van der Waals surface area contributed by atoms with Gasteiger partial charge in [0.05, 0.1) is 5.69 Å². The van der Waals surface area contributed by atoms with Crippen LogP contribution < -0.4 is 0 Å². The van der Waals surface area contributed by atoms with Crippen LogP contribution in [0.1, 0.15) is 34.3 Å². The van der Waals surface area contributed by atoms with Crippen LogP contribution in [0.2, 0.25) is 0 Å². The summed E-state index contributed by atoms with van der Waals surface area (Å²) in [6.45, 7) is 5.71. The first-order valence-electron chi connectivity index (χ1n) is 8.39. The number of nitrogens with zero attached hydrogens (tertiary/aromatic N) is 2. The van der Waals surface area contributed by atoms with E-state index in [9.17, 15) is 9.59 Å². The second-order valence-electron chi connectivity index (χ2n) is 6.51. The summed E-state index contributed by atoms with van der Waals surface area (Å²) in [5.74, 6) is -1.01. The van der Waals surface area contributed by atoms with Crippen LogP contribution in [0, 0.1) is 13.8 Å². The molecular formula is C19H18N2O4S. The quantitative estimate of drug-likeness (QED) is 0.659. The van der Waals surface area contributed by atoms with Gasteiger partial charge in [-0.1, -0.05) is 0 Å². The Balaban J connectivity index is 1.81. The highest BCUT2D eigenvalue weighted by Gasteiger charge is 2.36. The minimum Gasteiger partial charge on any atom is -0.460 e. The summed E-state index contributed by atoms with van der Waals surface area (Å²) in [6.07, 6.45) is 3.05. The largest absolute Gasteiger partial charge is 0.460 e. The van der Waals surface area contributed by atoms with E-state index in [1.807, 2.05) is 49.0 Å². The topological polar surface area (TPSA) is 70.4 Å². The van der Waals surface area contributed by atoms with E-state index < -0.39 is 18.0 Å². The summed E-state index contributed by atoms with van der Waals surface area (Å²) >= 11 is 1.29. The lowest BCUT2D eigenvalue weighted by Crippen LogP contribution is -2.22. The molecule has 0 aromatic carbocycles. The van der Waals surface area contributed by atoms with E-state index in [0.717, 1.165) is 27.2 Å². The lowest BCUT2D eigenvalue weighted by Gasteiger charge is -2.10. The SMILES string of the molecule is Cc1cc(C)c2c(-n3cccc3)c(C(=O)O[C@H]3C[C@H](C)OC3=O)sc2n1. The smallest absolute Gasteiger partial charge is 0.351 e. The number of pyridine rings is 1. The Bertz CT molecular complexity index is 1010. The van der Waals surface area contributed by atoms with Crippen molar-refractivity contribution in [3.05, 3.63) is 46.7 Å². The molecule has 4 rings (SSSR count). The number of fused-ring (bicyclic) bond motifs is 1. The molecule has 0 spiro atoms. The molecule has 0 radical (unpaired) electrons. The van der Waals surface area contributed by atoms with Crippen molar-refractivity contribution in [2.45, 2.75) is 39.4 Å². The number of rotatable bonds is 3. The van der Waals surface area contributed by atoms with Crippen LogP contribution in [0.15, 0.2) is 30.6 Å². The van der Waals surface area contributed by atoms with Gasteiger partial charge in [0, 0.05) is 29.9 Å². The van der Waals surface area contributed by atoms with Gasteiger partial charge in [-0.25, -0.2) is 14.6 Å². The second-order valence-corrected chi connectivity index (χ2v) is 7.51. The molecule has 0 N–H and O–H groups in total. The summed E-state index contributed by atoms with van der Waals surface area (Å²) in [5, 5.41) is 0.922. The standard InChI is InChI=1S/C19H18N2O4S/c1-10-8-11(2)20-17-14(10)15(21-6-4-5-7-21)16(26-17)19(23)25-13-9-12(3)24-18(13)22/h4-8,12-13H,9H2,1-3H3/t12-,13-/m0/s1. The van der Waals surface area contributed by atoms with E-state index in [1.165, 1.54) is 11.3 Å². The fraction of sp³-hybridized carbons (Fsp3) is 0.316. The number of cyclic esters (lactones) is 1. The molecule has 0 unspecified atom stereocenters. The molecule has 1 aliphatic rings. The van der Waals surface area contributed by atoms with Crippen molar-refractivity contribution in [3.8, 4) is 5.69 Å². The summed E-state index contributed by atoms with van der Waals surface area (Å²) in [6, 6.07) is 5.78. The average Bonchev–Trinajstić information content (AvgIpc) is 3.26. The first kappa shape index (κ1) is 16.8. The number of esters is 2. The lowest BCUT2D eigenvalue weighted by molar-refractivity contribution is -0.147. The highest BCUT2D eigenvalue weighted by Crippen LogP contribution is 2.36. The molecule has 0 bridgehead atoms. The predicted molar refractivity (Wildman–Crippen MR) is 97.8 cm³/mol. The van der Waals surface area contributed by atoms with Crippen LogP contribution in [0.3, 0.4) is 0 Å². The first-order chi connectivity index (χ1) is 12.4. The molecule has 1 aliphatic heterocycles. The lowest BCUT2D eigenvalue weighted by atomic mass is 10.1. The minimum atomic E-state index is -0.851. The molecule has 6 nitrogen and oxygen atoms in total. The Labute approximate surface area is 154 Å². The van der Waals surface area contributed by atoms with Gasteiger partial charge in [0.1, 0.15) is 15.8 Å². The van der Waals surface area contributed by atoms with Crippen molar-refractivity contribution < 1.29 is 19.1 Å². The molecule has 0 saturated carbocycles. The number of carbonyl (C=O) groups is 2. The Kier molecular flexibility index (Phi) is 4.03. The van der Waals surface area contributed by atoms with Crippen molar-refractivity contribution >= 4 is 33.5 Å². The van der Waals surface area contributed by atoms with Gasteiger partial charge in [-0.3, -0.25) is 0 Å². The number of hydrogen-bond acceptors (Lipinski definition) is 6. The summed E-state index contributed by atoms with van der Waals surface area (Å²) < 4.78 is 12.4. The van der Waals surface area contributed by atoms with Gasteiger partial charge in [0.25, 0.3) is 0 Å². The van der Waals surface area contributed by atoms with Gasteiger partial charge in [-0.15, -0.1) is 11.3 Å². The number of hydrogen-bond donors (Lipinski definition) is 0. The number of aryl methyl sites for hydroxylation is 2. The van der Waals surface area contributed by atoms with Gasteiger partial charge in [0.2, 0.25) is 6.10 Å².